The summed E-state index contributed by atoms with van der Waals surface area (Å²) in [4.78, 5) is 11.1. The van der Waals surface area contributed by atoms with Crippen LogP contribution in [0, 0.1) is 0 Å². The molecule has 0 saturated heterocycles. The van der Waals surface area contributed by atoms with Gasteiger partial charge in [0, 0.05) is 12.8 Å². The van der Waals surface area contributed by atoms with Crippen molar-refractivity contribution in [2.75, 3.05) is 13.2 Å². The van der Waals surface area contributed by atoms with Gasteiger partial charge >= 0.3 is 0 Å². The minimum absolute atomic E-state index is 0.292. The quantitative estimate of drug-likeness (QED) is 0.650. The molecule has 0 atom stereocenters. The number of hydrogen-bond acceptors (Lipinski definition) is 3. The van der Waals surface area contributed by atoms with Crippen molar-refractivity contribution in [3.63, 3.8) is 0 Å². The highest BCUT2D eigenvalue weighted by molar-refractivity contribution is 5.77. The van der Waals surface area contributed by atoms with Crippen LogP contribution in [0.15, 0.2) is 24.3 Å². The molecular formula is C14H20O3. The van der Waals surface area contributed by atoms with Crippen molar-refractivity contribution in [1.29, 1.82) is 0 Å². The maximum atomic E-state index is 11.1. The lowest BCUT2D eigenvalue weighted by Crippen LogP contribution is -2.02. The van der Waals surface area contributed by atoms with Gasteiger partial charge in [0.2, 0.25) is 0 Å². The van der Waals surface area contributed by atoms with Crippen LogP contribution in [0.25, 0.3) is 0 Å². The van der Waals surface area contributed by atoms with Crippen LogP contribution in [-0.2, 0) is 4.79 Å². The van der Waals surface area contributed by atoms with Gasteiger partial charge in [0.15, 0.2) is 0 Å². The average molecular weight is 236 g/mol. The maximum Gasteiger partial charge on any atom is 0.132 e. The third kappa shape index (κ3) is 5.38. The molecule has 0 N–H and O–H groups in total. The first-order valence-corrected chi connectivity index (χ1v) is 6.13. The molecular weight excluding hydrogens is 216 g/mol. The second kappa shape index (κ2) is 7.71. The van der Waals surface area contributed by atoms with E-state index in [4.69, 9.17) is 9.47 Å². The molecule has 0 saturated carbocycles. The minimum Gasteiger partial charge on any atom is -0.494 e. The van der Waals surface area contributed by atoms with Crippen molar-refractivity contribution in [2.24, 2.45) is 0 Å². The lowest BCUT2D eigenvalue weighted by atomic mass is 10.2. The standard InChI is InChI=1S/C14H20O3/c1-3-12(15)6-5-11-17-14-9-7-13(8-10-14)16-4-2/h7-10H,3-6,11H2,1-2H3. The Kier molecular flexibility index (Phi) is 6.15. The molecule has 0 bridgehead atoms. The number of hydrogen-bond donors (Lipinski definition) is 0. The van der Waals surface area contributed by atoms with Gasteiger partial charge in [0.25, 0.3) is 0 Å². The third-order valence-corrected chi connectivity index (χ3v) is 2.40. The van der Waals surface area contributed by atoms with E-state index >= 15 is 0 Å². The molecule has 0 aliphatic carbocycles. The predicted octanol–water partition coefficient (Wildman–Crippen LogP) is 3.22. The van der Waals surface area contributed by atoms with Gasteiger partial charge in [-0.3, -0.25) is 4.79 Å². The van der Waals surface area contributed by atoms with Crippen LogP contribution in [0.3, 0.4) is 0 Å². The SMILES string of the molecule is CCOc1ccc(OCCCC(=O)CC)cc1. The Labute approximate surface area is 103 Å². The molecule has 0 unspecified atom stereocenters. The molecule has 1 rings (SSSR count). The Hall–Kier alpha value is -1.51. The predicted molar refractivity (Wildman–Crippen MR) is 67.6 cm³/mol. The van der Waals surface area contributed by atoms with E-state index in [9.17, 15) is 4.79 Å². The van der Waals surface area contributed by atoms with Crippen molar-refractivity contribution in [3.05, 3.63) is 24.3 Å². The molecule has 0 aromatic heterocycles. The maximum absolute atomic E-state index is 11.1. The molecule has 0 aliphatic heterocycles. The fraction of sp³-hybridized carbons (Fsp3) is 0.500. The molecule has 1 aromatic carbocycles. The fourth-order valence-electron chi connectivity index (χ4n) is 1.43. The van der Waals surface area contributed by atoms with Crippen molar-refractivity contribution < 1.29 is 14.3 Å². The first kappa shape index (κ1) is 13.6. The average Bonchev–Trinajstić information content (AvgIpc) is 2.36. The molecule has 0 spiro atoms. The van der Waals surface area contributed by atoms with E-state index in [-0.39, 0.29) is 0 Å². The molecule has 0 heterocycles. The number of ether oxygens (including phenoxy) is 2. The first-order chi connectivity index (χ1) is 8.26. The number of benzene rings is 1. The first-order valence-electron chi connectivity index (χ1n) is 6.13. The van der Waals surface area contributed by atoms with Gasteiger partial charge in [-0.25, -0.2) is 0 Å². The van der Waals surface area contributed by atoms with Gasteiger partial charge < -0.3 is 9.47 Å². The van der Waals surface area contributed by atoms with Crippen molar-refractivity contribution >= 4 is 5.78 Å². The Bertz CT molecular complexity index is 330. The zero-order valence-corrected chi connectivity index (χ0v) is 10.6. The van der Waals surface area contributed by atoms with Crippen molar-refractivity contribution in [2.45, 2.75) is 33.1 Å². The van der Waals surface area contributed by atoms with E-state index in [1.807, 2.05) is 38.1 Å². The zero-order chi connectivity index (χ0) is 12.5. The summed E-state index contributed by atoms with van der Waals surface area (Å²) >= 11 is 0. The van der Waals surface area contributed by atoms with Gasteiger partial charge in [0.05, 0.1) is 13.2 Å². The topological polar surface area (TPSA) is 35.5 Å². The van der Waals surface area contributed by atoms with E-state index < -0.39 is 0 Å². The monoisotopic (exact) mass is 236 g/mol. The smallest absolute Gasteiger partial charge is 0.132 e. The van der Waals surface area contributed by atoms with E-state index in [0.29, 0.717) is 31.8 Å². The number of carbonyl (C=O) groups excluding carboxylic acids is 1. The molecule has 1 aromatic rings. The summed E-state index contributed by atoms with van der Waals surface area (Å²) < 4.78 is 10.9. The third-order valence-electron chi connectivity index (χ3n) is 2.40. The molecule has 0 radical (unpaired) electrons. The van der Waals surface area contributed by atoms with E-state index in [1.54, 1.807) is 0 Å². The van der Waals surface area contributed by atoms with Crippen LogP contribution in [-0.4, -0.2) is 19.0 Å². The number of carbonyl (C=O) groups is 1. The summed E-state index contributed by atoms with van der Waals surface area (Å²) in [6.07, 6.45) is 2.00. The normalized spacial score (nSPS) is 10.0. The highest BCUT2D eigenvalue weighted by Gasteiger charge is 1.99. The van der Waals surface area contributed by atoms with Crippen molar-refractivity contribution in [3.8, 4) is 11.5 Å². The van der Waals surface area contributed by atoms with Crippen LogP contribution in [0.1, 0.15) is 33.1 Å². The molecule has 0 amide bonds. The summed E-state index contributed by atoms with van der Waals surface area (Å²) in [7, 11) is 0. The summed E-state index contributed by atoms with van der Waals surface area (Å²) in [5.41, 5.74) is 0. The second-order valence-corrected chi connectivity index (χ2v) is 3.75. The van der Waals surface area contributed by atoms with E-state index in [1.165, 1.54) is 0 Å². The van der Waals surface area contributed by atoms with Crippen LogP contribution in [0.4, 0.5) is 0 Å². The summed E-state index contributed by atoms with van der Waals surface area (Å²) in [5, 5.41) is 0. The largest absolute Gasteiger partial charge is 0.494 e. The van der Waals surface area contributed by atoms with Gasteiger partial charge in [-0.15, -0.1) is 0 Å². The number of Topliss-reactive ketones (excluding diaryl/α,β-unsaturated/α-hetero) is 1. The van der Waals surface area contributed by atoms with Gasteiger partial charge in [-0.05, 0) is 37.6 Å². The second-order valence-electron chi connectivity index (χ2n) is 3.75. The minimum atomic E-state index is 0.292. The van der Waals surface area contributed by atoms with Crippen LogP contribution in [0.2, 0.25) is 0 Å². The van der Waals surface area contributed by atoms with Gasteiger partial charge in [-0.2, -0.15) is 0 Å². The number of rotatable bonds is 8. The lowest BCUT2D eigenvalue weighted by molar-refractivity contribution is -0.118. The van der Waals surface area contributed by atoms with Gasteiger partial charge in [0.1, 0.15) is 17.3 Å². The van der Waals surface area contributed by atoms with Gasteiger partial charge in [-0.1, -0.05) is 6.92 Å². The summed E-state index contributed by atoms with van der Waals surface area (Å²) in [6.45, 7) is 5.09. The molecule has 3 nitrogen and oxygen atoms in total. The lowest BCUT2D eigenvalue weighted by Gasteiger charge is -2.07. The van der Waals surface area contributed by atoms with Crippen LogP contribution >= 0.6 is 0 Å². The fourth-order valence-corrected chi connectivity index (χ4v) is 1.43. The Morgan fingerprint density at radius 3 is 2.18 bits per heavy atom. The Morgan fingerprint density at radius 1 is 1.06 bits per heavy atom. The summed E-state index contributed by atoms with van der Waals surface area (Å²) in [6, 6.07) is 7.53. The Morgan fingerprint density at radius 2 is 1.65 bits per heavy atom. The molecule has 94 valence electrons. The molecule has 0 aliphatic rings. The highest BCUT2D eigenvalue weighted by atomic mass is 16.5. The number of ketones is 1. The Balaban J connectivity index is 2.25. The van der Waals surface area contributed by atoms with E-state index in [0.717, 1.165) is 17.9 Å². The molecule has 3 heteroatoms. The molecule has 17 heavy (non-hydrogen) atoms. The molecule has 0 fully saturated rings. The highest BCUT2D eigenvalue weighted by Crippen LogP contribution is 2.17. The zero-order valence-electron chi connectivity index (χ0n) is 10.6. The summed E-state index contributed by atoms with van der Waals surface area (Å²) in [5.74, 6) is 1.96. The van der Waals surface area contributed by atoms with Crippen LogP contribution in [0.5, 0.6) is 11.5 Å². The van der Waals surface area contributed by atoms with E-state index in [2.05, 4.69) is 0 Å². The van der Waals surface area contributed by atoms with Crippen molar-refractivity contribution in [1.82, 2.24) is 0 Å². The van der Waals surface area contributed by atoms with Crippen LogP contribution < -0.4 is 9.47 Å².